The van der Waals surface area contributed by atoms with Crippen LogP contribution in [0.5, 0.6) is 5.75 Å². The predicted molar refractivity (Wildman–Crippen MR) is 55.7 cm³/mol. The Balaban J connectivity index is 2.20. The molecule has 0 saturated carbocycles. The molecule has 0 spiro atoms. The third kappa shape index (κ3) is 1.86. The first-order valence-corrected chi connectivity index (χ1v) is 5.69. The van der Waals surface area contributed by atoms with Gasteiger partial charge >= 0.3 is 0 Å². The molecule has 2 rings (SSSR count). The van der Waals surface area contributed by atoms with Crippen molar-refractivity contribution in [3.05, 3.63) is 16.3 Å². The van der Waals surface area contributed by atoms with Gasteiger partial charge in [-0.15, -0.1) is 11.3 Å². The van der Waals surface area contributed by atoms with Gasteiger partial charge in [0.2, 0.25) is 0 Å². The number of fused-ring (bicyclic) bond motifs is 1. The lowest BCUT2D eigenvalue weighted by atomic mass is 9.97. The second kappa shape index (κ2) is 4.11. The molecule has 0 radical (unpaired) electrons. The molecule has 1 aromatic rings. The summed E-state index contributed by atoms with van der Waals surface area (Å²) in [5.74, 6) is 1.76. The van der Waals surface area contributed by atoms with Crippen molar-refractivity contribution in [2.24, 2.45) is 0 Å². The van der Waals surface area contributed by atoms with Crippen molar-refractivity contribution in [3.8, 4) is 5.75 Å². The molecule has 2 nitrogen and oxygen atoms in total. The standard InChI is InChI=1S/C10H15NOS/c1-11-5-8-3-2-4-12-10-7-13-6-9(8)10/h6-8,11H,2-5H2,1H3. The van der Waals surface area contributed by atoms with Crippen LogP contribution in [0.25, 0.3) is 0 Å². The summed E-state index contributed by atoms with van der Waals surface area (Å²) in [5.41, 5.74) is 1.40. The fourth-order valence-corrected chi connectivity index (χ4v) is 2.69. The molecular weight excluding hydrogens is 182 g/mol. The molecule has 3 heteroatoms. The zero-order valence-electron chi connectivity index (χ0n) is 7.88. The van der Waals surface area contributed by atoms with Crippen LogP contribution < -0.4 is 10.1 Å². The van der Waals surface area contributed by atoms with Crippen LogP contribution in [0.15, 0.2) is 10.8 Å². The van der Waals surface area contributed by atoms with Crippen molar-refractivity contribution >= 4 is 11.3 Å². The molecule has 0 bridgehead atoms. The van der Waals surface area contributed by atoms with Crippen molar-refractivity contribution < 1.29 is 4.74 Å². The maximum absolute atomic E-state index is 5.65. The molecule has 0 aromatic carbocycles. The summed E-state index contributed by atoms with van der Waals surface area (Å²) >= 11 is 1.74. The minimum absolute atomic E-state index is 0.647. The lowest BCUT2D eigenvalue weighted by Crippen LogP contribution is -2.16. The molecule has 1 aromatic heterocycles. The molecular formula is C10H15NOS. The highest BCUT2D eigenvalue weighted by Gasteiger charge is 2.19. The van der Waals surface area contributed by atoms with Crippen LogP contribution >= 0.6 is 11.3 Å². The number of likely N-dealkylation sites (N-methyl/N-ethyl adjacent to an activating group) is 1. The molecule has 0 amide bonds. The van der Waals surface area contributed by atoms with Gasteiger partial charge in [-0.05, 0) is 25.3 Å². The Hall–Kier alpha value is -0.540. The largest absolute Gasteiger partial charge is 0.492 e. The molecule has 0 saturated heterocycles. The number of hydrogen-bond donors (Lipinski definition) is 1. The highest BCUT2D eigenvalue weighted by Crippen LogP contribution is 2.35. The molecule has 0 fully saturated rings. The van der Waals surface area contributed by atoms with Gasteiger partial charge in [-0.2, -0.15) is 0 Å². The van der Waals surface area contributed by atoms with Crippen molar-refractivity contribution in [1.29, 1.82) is 0 Å². The van der Waals surface area contributed by atoms with Gasteiger partial charge in [0.25, 0.3) is 0 Å². The third-order valence-electron chi connectivity index (χ3n) is 2.50. The van der Waals surface area contributed by atoms with E-state index < -0.39 is 0 Å². The van der Waals surface area contributed by atoms with E-state index in [2.05, 4.69) is 16.1 Å². The molecule has 1 aliphatic rings. The zero-order chi connectivity index (χ0) is 9.10. The number of ether oxygens (including phenoxy) is 1. The van der Waals surface area contributed by atoms with Gasteiger partial charge in [0.05, 0.1) is 6.61 Å². The number of nitrogens with one attached hydrogen (secondary N) is 1. The first kappa shape index (κ1) is 9.03. The van der Waals surface area contributed by atoms with Crippen molar-refractivity contribution in [3.63, 3.8) is 0 Å². The lowest BCUT2D eigenvalue weighted by Gasteiger charge is -2.12. The SMILES string of the molecule is CNCC1CCCOc2cscc21. The maximum Gasteiger partial charge on any atom is 0.133 e. The van der Waals surface area contributed by atoms with Gasteiger partial charge in [-0.3, -0.25) is 0 Å². The average Bonchev–Trinajstić information content (AvgIpc) is 2.52. The summed E-state index contributed by atoms with van der Waals surface area (Å²) in [6, 6.07) is 0. The number of thiophene rings is 1. The van der Waals surface area contributed by atoms with E-state index in [1.165, 1.54) is 18.4 Å². The van der Waals surface area contributed by atoms with E-state index >= 15 is 0 Å². The Labute approximate surface area is 82.9 Å². The third-order valence-corrected chi connectivity index (χ3v) is 3.24. The predicted octanol–water partition coefficient (Wildman–Crippen LogP) is 2.22. The Kier molecular flexibility index (Phi) is 2.86. The minimum Gasteiger partial charge on any atom is -0.492 e. The highest BCUT2D eigenvalue weighted by atomic mass is 32.1. The summed E-state index contributed by atoms with van der Waals surface area (Å²) < 4.78 is 5.65. The van der Waals surface area contributed by atoms with E-state index in [0.29, 0.717) is 5.92 Å². The van der Waals surface area contributed by atoms with Crippen molar-refractivity contribution in [1.82, 2.24) is 5.32 Å². The van der Waals surface area contributed by atoms with E-state index in [1.54, 1.807) is 11.3 Å². The summed E-state index contributed by atoms with van der Waals surface area (Å²) in [4.78, 5) is 0. The monoisotopic (exact) mass is 197 g/mol. The van der Waals surface area contributed by atoms with Gasteiger partial charge in [-0.25, -0.2) is 0 Å². The van der Waals surface area contributed by atoms with Crippen LogP contribution in [-0.2, 0) is 0 Å². The molecule has 1 atom stereocenters. The topological polar surface area (TPSA) is 21.3 Å². The molecule has 1 aliphatic heterocycles. The van der Waals surface area contributed by atoms with Crippen molar-refractivity contribution in [2.45, 2.75) is 18.8 Å². The van der Waals surface area contributed by atoms with E-state index in [4.69, 9.17) is 4.74 Å². The van der Waals surface area contributed by atoms with Gasteiger partial charge in [0.1, 0.15) is 5.75 Å². The second-order valence-corrected chi connectivity index (χ2v) is 4.18. The molecule has 0 aliphatic carbocycles. The fraction of sp³-hybridized carbons (Fsp3) is 0.600. The van der Waals surface area contributed by atoms with E-state index in [0.717, 1.165) is 18.9 Å². The van der Waals surface area contributed by atoms with E-state index in [9.17, 15) is 0 Å². The molecule has 1 N–H and O–H groups in total. The average molecular weight is 197 g/mol. The normalized spacial score (nSPS) is 21.8. The van der Waals surface area contributed by atoms with Crippen LogP contribution in [-0.4, -0.2) is 20.2 Å². The Morgan fingerprint density at radius 3 is 3.38 bits per heavy atom. The van der Waals surface area contributed by atoms with Crippen LogP contribution in [0.2, 0.25) is 0 Å². The van der Waals surface area contributed by atoms with Crippen LogP contribution in [0.3, 0.4) is 0 Å². The Bertz CT molecular complexity index is 272. The van der Waals surface area contributed by atoms with Gasteiger partial charge in [0, 0.05) is 23.4 Å². The zero-order valence-corrected chi connectivity index (χ0v) is 8.69. The second-order valence-electron chi connectivity index (χ2n) is 3.44. The Morgan fingerprint density at radius 2 is 2.54 bits per heavy atom. The summed E-state index contributed by atoms with van der Waals surface area (Å²) in [5, 5.41) is 7.58. The molecule has 2 heterocycles. The van der Waals surface area contributed by atoms with Crippen LogP contribution in [0.1, 0.15) is 24.3 Å². The van der Waals surface area contributed by atoms with E-state index in [-0.39, 0.29) is 0 Å². The number of rotatable bonds is 2. The maximum atomic E-state index is 5.65. The highest BCUT2D eigenvalue weighted by molar-refractivity contribution is 7.08. The molecule has 72 valence electrons. The summed E-state index contributed by atoms with van der Waals surface area (Å²) in [6.45, 7) is 1.94. The summed E-state index contributed by atoms with van der Waals surface area (Å²) in [6.07, 6.45) is 2.41. The first-order valence-electron chi connectivity index (χ1n) is 4.75. The minimum atomic E-state index is 0.647. The van der Waals surface area contributed by atoms with Gasteiger partial charge in [-0.1, -0.05) is 0 Å². The van der Waals surface area contributed by atoms with Gasteiger partial charge < -0.3 is 10.1 Å². The first-order chi connectivity index (χ1) is 6.42. The molecule has 13 heavy (non-hydrogen) atoms. The number of hydrogen-bond acceptors (Lipinski definition) is 3. The molecule has 1 unspecified atom stereocenters. The Morgan fingerprint density at radius 1 is 1.62 bits per heavy atom. The lowest BCUT2D eigenvalue weighted by molar-refractivity contribution is 0.317. The van der Waals surface area contributed by atoms with Gasteiger partial charge in [0.15, 0.2) is 0 Å². The quantitative estimate of drug-likeness (QED) is 0.785. The fourth-order valence-electron chi connectivity index (χ4n) is 1.84. The van der Waals surface area contributed by atoms with E-state index in [1.807, 2.05) is 7.05 Å². The van der Waals surface area contributed by atoms with Crippen LogP contribution in [0, 0.1) is 0 Å². The van der Waals surface area contributed by atoms with Crippen LogP contribution in [0.4, 0.5) is 0 Å². The summed E-state index contributed by atoms with van der Waals surface area (Å²) in [7, 11) is 2.01. The van der Waals surface area contributed by atoms with Crippen molar-refractivity contribution in [2.75, 3.05) is 20.2 Å². The smallest absolute Gasteiger partial charge is 0.133 e.